The van der Waals surface area contributed by atoms with Gasteiger partial charge in [-0.25, -0.2) is 0 Å². The summed E-state index contributed by atoms with van der Waals surface area (Å²) in [4.78, 5) is 22.5. The van der Waals surface area contributed by atoms with Crippen LogP contribution in [0.25, 0.3) is 0 Å². The molecule has 0 spiro atoms. The lowest BCUT2D eigenvalue weighted by molar-refractivity contribution is -0.137. The standard InChI is InChI=1S/C15H19NO4/c1-10(3-2-4-14(17)18)16-15(19)12-5-6-13-11(9-12)7-8-20-13/h5-6,9-10H,2-4,7-8H2,1H3,(H,16,19)(H,17,18). The Bertz CT molecular complexity index is 513. The highest BCUT2D eigenvalue weighted by atomic mass is 16.5. The Morgan fingerprint density at radius 1 is 1.45 bits per heavy atom. The number of ether oxygens (including phenoxy) is 1. The minimum absolute atomic E-state index is 0.0358. The largest absolute Gasteiger partial charge is 0.493 e. The van der Waals surface area contributed by atoms with Crippen molar-refractivity contribution < 1.29 is 19.4 Å². The zero-order chi connectivity index (χ0) is 14.5. The van der Waals surface area contributed by atoms with Gasteiger partial charge < -0.3 is 15.2 Å². The first-order valence-corrected chi connectivity index (χ1v) is 6.84. The molecule has 0 saturated heterocycles. The van der Waals surface area contributed by atoms with Gasteiger partial charge in [0.15, 0.2) is 0 Å². The van der Waals surface area contributed by atoms with E-state index in [1.807, 2.05) is 19.1 Å². The Kier molecular flexibility index (Phi) is 4.61. The zero-order valence-corrected chi connectivity index (χ0v) is 11.5. The fourth-order valence-electron chi connectivity index (χ4n) is 2.27. The van der Waals surface area contributed by atoms with Crippen LogP contribution in [0.5, 0.6) is 5.75 Å². The lowest BCUT2D eigenvalue weighted by atomic mass is 10.1. The highest BCUT2D eigenvalue weighted by Gasteiger charge is 2.16. The number of rotatable bonds is 6. The third-order valence-corrected chi connectivity index (χ3v) is 3.36. The van der Waals surface area contributed by atoms with Crippen LogP contribution in [0.15, 0.2) is 18.2 Å². The van der Waals surface area contributed by atoms with Crippen LogP contribution in [0.1, 0.15) is 42.1 Å². The van der Waals surface area contributed by atoms with Gasteiger partial charge in [0.25, 0.3) is 5.91 Å². The Morgan fingerprint density at radius 2 is 2.25 bits per heavy atom. The van der Waals surface area contributed by atoms with Gasteiger partial charge in [-0.3, -0.25) is 9.59 Å². The highest BCUT2D eigenvalue weighted by molar-refractivity contribution is 5.94. The summed E-state index contributed by atoms with van der Waals surface area (Å²) < 4.78 is 5.40. The van der Waals surface area contributed by atoms with E-state index in [0.29, 0.717) is 25.0 Å². The smallest absolute Gasteiger partial charge is 0.303 e. The number of fused-ring (bicyclic) bond motifs is 1. The third-order valence-electron chi connectivity index (χ3n) is 3.36. The number of benzene rings is 1. The zero-order valence-electron chi connectivity index (χ0n) is 11.5. The van der Waals surface area contributed by atoms with Gasteiger partial charge in [-0.1, -0.05) is 0 Å². The second-order valence-electron chi connectivity index (χ2n) is 5.08. The van der Waals surface area contributed by atoms with Gasteiger partial charge in [-0.05, 0) is 43.5 Å². The van der Waals surface area contributed by atoms with Crippen molar-refractivity contribution in [3.63, 3.8) is 0 Å². The molecule has 1 heterocycles. The van der Waals surface area contributed by atoms with Crippen molar-refractivity contribution >= 4 is 11.9 Å². The van der Waals surface area contributed by atoms with E-state index in [1.165, 1.54) is 0 Å². The van der Waals surface area contributed by atoms with Crippen LogP contribution in [0.2, 0.25) is 0 Å². The molecule has 0 aliphatic carbocycles. The van der Waals surface area contributed by atoms with E-state index in [4.69, 9.17) is 9.84 Å². The number of carboxylic acids is 1. The molecular weight excluding hydrogens is 258 g/mol. The first kappa shape index (κ1) is 14.4. The minimum atomic E-state index is -0.804. The van der Waals surface area contributed by atoms with Crippen molar-refractivity contribution in [1.82, 2.24) is 5.32 Å². The van der Waals surface area contributed by atoms with Crippen molar-refractivity contribution in [3.05, 3.63) is 29.3 Å². The molecule has 1 aromatic carbocycles. The number of carboxylic acid groups (broad SMARTS) is 1. The van der Waals surface area contributed by atoms with Gasteiger partial charge in [0, 0.05) is 24.4 Å². The molecule has 108 valence electrons. The first-order valence-electron chi connectivity index (χ1n) is 6.84. The van der Waals surface area contributed by atoms with E-state index in [-0.39, 0.29) is 18.4 Å². The normalized spacial score (nSPS) is 14.2. The molecule has 0 aromatic heterocycles. The molecule has 0 bridgehead atoms. The van der Waals surface area contributed by atoms with Gasteiger partial charge >= 0.3 is 5.97 Å². The minimum Gasteiger partial charge on any atom is -0.493 e. The molecule has 0 fully saturated rings. The molecule has 1 aliphatic rings. The average molecular weight is 277 g/mol. The lowest BCUT2D eigenvalue weighted by Crippen LogP contribution is -2.32. The predicted octanol–water partition coefficient (Wildman–Crippen LogP) is 1.99. The number of nitrogens with one attached hydrogen (secondary N) is 1. The first-order chi connectivity index (χ1) is 9.56. The summed E-state index contributed by atoms with van der Waals surface area (Å²) in [5.74, 6) is -0.0688. The lowest BCUT2D eigenvalue weighted by Gasteiger charge is -2.13. The predicted molar refractivity (Wildman–Crippen MR) is 74.1 cm³/mol. The molecule has 5 nitrogen and oxygen atoms in total. The Balaban J connectivity index is 1.86. The Morgan fingerprint density at radius 3 is 3.00 bits per heavy atom. The topological polar surface area (TPSA) is 75.6 Å². The average Bonchev–Trinajstić information content (AvgIpc) is 2.85. The van der Waals surface area contributed by atoms with Gasteiger partial charge in [-0.15, -0.1) is 0 Å². The van der Waals surface area contributed by atoms with E-state index in [2.05, 4.69) is 5.32 Å². The van der Waals surface area contributed by atoms with Crippen molar-refractivity contribution in [2.45, 2.75) is 38.6 Å². The molecule has 5 heteroatoms. The summed E-state index contributed by atoms with van der Waals surface area (Å²) in [6, 6.07) is 5.41. The SMILES string of the molecule is CC(CCCC(=O)O)NC(=O)c1ccc2c(c1)CCO2. The van der Waals surface area contributed by atoms with Crippen molar-refractivity contribution in [2.24, 2.45) is 0 Å². The highest BCUT2D eigenvalue weighted by Crippen LogP contribution is 2.25. The number of carbonyl (C=O) groups excluding carboxylic acids is 1. The van der Waals surface area contributed by atoms with Crippen LogP contribution in [0.4, 0.5) is 0 Å². The van der Waals surface area contributed by atoms with Gasteiger partial charge in [0.1, 0.15) is 5.75 Å². The molecule has 1 aliphatic heterocycles. The van der Waals surface area contributed by atoms with Crippen molar-refractivity contribution in [1.29, 1.82) is 0 Å². The molecule has 1 amide bonds. The van der Waals surface area contributed by atoms with Crippen LogP contribution >= 0.6 is 0 Å². The molecule has 1 atom stereocenters. The van der Waals surface area contributed by atoms with Gasteiger partial charge in [-0.2, -0.15) is 0 Å². The molecule has 20 heavy (non-hydrogen) atoms. The van der Waals surface area contributed by atoms with Crippen LogP contribution < -0.4 is 10.1 Å². The summed E-state index contributed by atoms with van der Waals surface area (Å²) in [7, 11) is 0. The Labute approximate surface area is 117 Å². The number of amides is 1. The van der Waals surface area contributed by atoms with Crippen LogP contribution in [-0.2, 0) is 11.2 Å². The summed E-state index contributed by atoms with van der Waals surface area (Å²) >= 11 is 0. The van der Waals surface area contributed by atoms with Gasteiger partial charge in [0.2, 0.25) is 0 Å². The second-order valence-corrected chi connectivity index (χ2v) is 5.08. The molecular formula is C15H19NO4. The van der Waals surface area contributed by atoms with E-state index >= 15 is 0 Å². The summed E-state index contributed by atoms with van der Waals surface area (Å²) in [5.41, 5.74) is 1.69. The molecule has 2 rings (SSSR count). The molecule has 0 saturated carbocycles. The number of aliphatic carboxylic acids is 1. The van der Waals surface area contributed by atoms with Crippen molar-refractivity contribution in [3.8, 4) is 5.75 Å². The number of hydrogen-bond donors (Lipinski definition) is 2. The van der Waals surface area contributed by atoms with E-state index in [1.54, 1.807) is 6.07 Å². The molecule has 0 radical (unpaired) electrons. The molecule has 2 N–H and O–H groups in total. The fourth-order valence-corrected chi connectivity index (χ4v) is 2.27. The van der Waals surface area contributed by atoms with Crippen LogP contribution in [-0.4, -0.2) is 29.6 Å². The fraction of sp³-hybridized carbons (Fsp3) is 0.467. The van der Waals surface area contributed by atoms with Crippen LogP contribution in [0, 0.1) is 0 Å². The maximum absolute atomic E-state index is 12.1. The maximum Gasteiger partial charge on any atom is 0.303 e. The Hall–Kier alpha value is -2.04. The van der Waals surface area contributed by atoms with Crippen molar-refractivity contribution in [2.75, 3.05) is 6.61 Å². The van der Waals surface area contributed by atoms with Gasteiger partial charge in [0.05, 0.1) is 6.61 Å². The molecule has 1 aromatic rings. The summed E-state index contributed by atoms with van der Waals surface area (Å²) in [5, 5.41) is 11.5. The monoisotopic (exact) mass is 277 g/mol. The van der Waals surface area contributed by atoms with E-state index in [9.17, 15) is 9.59 Å². The summed E-state index contributed by atoms with van der Waals surface area (Å²) in [6.07, 6.45) is 2.20. The van der Waals surface area contributed by atoms with Crippen LogP contribution in [0.3, 0.4) is 0 Å². The molecule has 1 unspecified atom stereocenters. The maximum atomic E-state index is 12.1. The summed E-state index contributed by atoms with van der Waals surface area (Å²) in [6.45, 7) is 2.56. The van der Waals surface area contributed by atoms with E-state index in [0.717, 1.165) is 17.7 Å². The second kappa shape index (κ2) is 6.41. The quantitative estimate of drug-likeness (QED) is 0.834. The van der Waals surface area contributed by atoms with E-state index < -0.39 is 5.97 Å². The number of carbonyl (C=O) groups is 2. The third kappa shape index (κ3) is 3.73. The number of hydrogen-bond acceptors (Lipinski definition) is 3.